The normalized spacial score (nSPS) is 28.7. The van der Waals surface area contributed by atoms with Crippen LogP contribution in [-0.4, -0.2) is 48.6 Å². The standard InChI is InChI=1S/C16H28N2O3/c1-5-12-15(20)18(10-11-6-8-21-9-7-11)13(14(19)17-12)16(2,3)4/h11-13H,5-10H2,1-4H3,(H,17,19). The van der Waals surface area contributed by atoms with Crippen LogP contribution < -0.4 is 5.32 Å². The fourth-order valence-corrected chi connectivity index (χ4v) is 3.32. The van der Waals surface area contributed by atoms with Gasteiger partial charge in [0.05, 0.1) is 0 Å². The van der Waals surface area contributed by atoms with Gasteiger partial charge in [-0.25, -0.2) is 0 Å². The zero-order chi connectivity index (χ0) is 15.6. The summed E-state index contributed by atoms with van der Waals surface area (Å²) in [5.41, 5.74) is -0.260. The van der Waals surface area contributed by atoms with E-state index in [-0.39, 0.29) is 29.3 Å². The Morgan fingerprint density at radius 3 is 2.38 bits per heavy atom. The fraction of sp³-hybridized carbons (Fsp3) is 0.875. The highest BCUT2D eigenvalue weighted by molar-refractivity contribution is 5.97. The highest BCUT2D eigenvalue weighted by Gasteiger charge is 2.46. The third kappa shape index (κ3) is 3.57. The summed E-state index contributed by atoms with van der Waals surface area (Å²) in [6.07, 6.45) is 2.59. The van der Waals surface area contributed by atoms with Crippen molar-refractivity contribution in [3.05, 3.63) is 0 Å². The quantitative estimate of drug-likeness (QED) is 0.860. The molecule has 2 aliphatic rings. The SMILES string of the molecule is CCC1NC(=O)C(C(C)(C)C)N(CC2CCOCC2)C1=O. The number of piperazine rings is 1. The highest BCUT2D eigenvalue weighted by atomic mass is 16.5. The lowest BCUT2D eigenvalue weighted by atomic mass is 9.82. The summed E-state index contributed by atoms with van der Waals surface area (Å²) in [4.78, 5) is 27.0. The van der Waals surface area contributed by atoms with E-state index in [1.807, 2.05) is 32.6 Å². The predicted molar refractivity (Wildman–Crippen MR) is 80.7 cm³/mol. The van der Waals surface area contributed by atoms with Gasteiger partial charge in [-0.2, -0.15) is 0 Å². The molecular formula is C16H28N2O3. The Hall–Kier alpha value is -1.10. The summed E-state index contributed by atoms with van der Waals surface area (Å²) in [7, 11) is 0. The smallest absolute Gasteiger partial charge is 0.245 e. The van der Waals surface area contributed by atoms with E-state index in [0.717, 1.165) is 26.1 Å². The van der Waals surface area contributed by atoms with Crippen molar-refractivity contribution in [2.75, 3.05) is 19.8 Å². The van der Waals surface area contributed by atoms with Gasteiger partial charge < -0.3 is 15.0 Å². The van der Waals surface area contributed by atoms with E-state index in [4.69, 9.17) is 4.74 Å². The summed E-state index contributed by atoms with van der Waals surface area (Å²) in [5, 5.41) is 2.88. The number of nitrogens with one attached hydrogen (secondary N) is 1. The average Bonchev–Trinajstić information content (AvgIpc) is 2.42. The summed E-state index contributed by atoms with van der Waals surface area (Å²) in [6, 6.07) is -0.744. The molecule has 0 aromatic heterocycles. The van der Waals surface area contributed by atoms with Crippen molar-refractivity contribution in [1.29, 1.82) is 0 Å². The van der Waals surface area contributed by atoms with Gasteiger partial charge >= 0.3 is 0 Å². The largest absolute Gasteiger partial charge is 0.381 e. The lowest BCUT2D eigenvalue weighted by Crippen LogP contribution is -2.67. The van der Waals surface area contributed by atoms with E-state index in [9.17, 15) is 9.59 Å². The maximum Gasteiger partial charge on any atom is 0.245 e. The van der Waals surface area contributed by atoms with Crippen molar-refractivity contribution < 1.29 is 14.3 Å². The first-order valence-corrected chi connectivity index (χ1v) is 8.03. The zero-order valence-electron chi connectivity index (χ0n) is 13.6. The number of carbonyl (C=O) groups excluding carboxylic acids is 2. The lowest BCUT2D eigenvalue weighted by molar-refractivity contribution is -0.155. The minimum absolute atomic E-state index is 0.0130. The second kappa shape index (κ2) is 6.34. The zero-order valence-corrected chi connectivity index (χ0v) is 13.6. The summed E-state index contributed by atoms with van der Waals surface area (Å²) in [6.45, 7) is 10.2. The third-order valence-electron chi connectivity index (χ3n) is 4.48. The van der Waals surface area contributed by atoms with Crippen molar-refractivity contribution in [3.63, 3.8) is 0 Å². The molecule has 2 saturated heterocycles. The van der Waals surface area contributed by atoms with Crippen molar-refractivity contribution in [2.45, 2.75) is 59.0 Å². The van der Waals surface area contributed by atoms with Crippen molar-refractivity contribution in [2.24, 2.45) is 11.3 Å². The Kier molecular flexibility index (Phi) is 4.91. The maximum atomic E-state index is 12.7. The Labute approximate surface area is 127 Å². The monoisotopic (exact) mass is 296 g/mol. The fourth-order valence-electron chi connectivity index (χ4n) is 3.32. The van der Waals surface area contributed by atoms with Crippen molar-refractivity contribution in [3.8, 4) is 0 Å². The van der Waals surface area contributed by atoms with Gasteiger partial charge in [0.1, 0.15) is 12.1 Å². The molecule has 0 aromatic rings. The topological polar surface area (TPSA) is 58.6 Å². The van der Waals surface area contributed by atoms with Crippen molar-refractivity contribution in [1.82, 2.24) is 10.2 Å². The van der Waals surface area contributed by atoms with Gasteiger partial charge in [0.15, 0.2) is 0 Å². The Morgan fingerprint density at radius 1 is 1.24 bits per heavy atom. The number of hydrogen-bond donors (Lipinski definition) is 1. The summed E-state index contributed by atoms with van der Waals surface area (Å²) >= 11 is 0. The molecule has 2 rings (SSSR count). The van der Waals surface area contributed by atoms with E-state index in [1.165, 1.54) is 0 Å². The summed E-state index contributed by atoms with van der Waals surface area (Å²) < 4.78 is 5.39. The van der Waals surface area contributed by atoms with Gasteiger partial charge in [0.25, 0.3) is 0 Å². The number of hydrogen-bond acceptors (Lipinski definition) is 3. The van der Waals surface area contributed by atoms with Crippen LogP contribution in [-0.2, 0) is 14.3 Å². The Morgan fingerprint density at radius 2 is 1.86 bits per heavy atom. The first-order valence-electron chi connectivity index (χ1n) is 8.03. The molecule has 0 aromatic carbocycles. The molecule has 2 amide bonds. The van der Waals surface area contributed by atoms with Crippen LogP contribution in [0.15, 0.2) is 0 Å². The first-order chi connectivity index (χ1) is 9.84. The molecule has 0 radical (unpaired) electrons. The Bertz CT molecular complexity index is 397. The number of amides is 2. The van der Waals surface area contributed by atoms with Crippen LogP contribution in [0.25, 0.3) is 0 Å². The van der Waals surface area contributed by atoms with Crippen LogP contribution in [0, 0.1) is 11.3 Å². The molecule has 1 N–H and O–H groups in total. The van der Waals surface area contributed by atoms with E-state index in [0.29, 0.717) is 18.9 Å². The van der Waals surface area contributed by atoms with Gasteiger partial charge in [0, 0.05) is 19.8 Å². The van der Waals surface area contributed by atoms with E-state index in [2.05, 4.69) is 5.32 Å². The second-order valence-electron chi connectivity index (χ2n) is 7.28. The molecule has 5 nitrogen and oxygen atoms in total. The van der Waals surface area contributed by atoms with Gasteiger partial charge in [-0.1, -0.05) is 27.7 Å². The molecule has 0 spiro atoms. The van der Waals surface area contributed by atoms with Gasteiger partial charge in [-0.05, 0) is 30.6 Å². The van der Waals surface area contributed by atoms with Crippen molar-refractivity contribution >= 4 is 11.8 Å². The average molecular weight is 296 g/mol. The number of carbonyl (C=O) groups is 2. The lowest BCUT2D eigenvalue weighted by Gasteiger charge is -2.46. The van der Waals surface area contributed by atoms with E-state index >= 15 is 0 Å². The maximum absolute atomic E-state index is 12.7. The number of rotatable bonds is 3. The molecule has 2 aliphatic heterocycles. The first kappa shape index (κ1) is 16.3. The van der Waals surface area contributed by atoms with Gasteiger partial charge in [0.2, 0.25) is 11.8 Å². The van der Waals surface area contributed by atoms with E-state index < -0.39 is 0 Å². The molecule has 0 saturated carbocycles. The molecule has 0 aliphatic carbocycles. The van der Waals surface area contributed by atoms with E-state index in [1.54, 1.807) is 0 Å². The molecule has 2 unspecified atom stereocenters. The molecular weight excluding hydrogens is 268 g/mol. The molecule has 2 atom stereocenters. The molecule has 21 heavy (non-hydrogen) atoms. The summed E-state index contributed by atoms with van der Waals surface area (Å²) in [5.74, 6) is 0.500. The molecule has 120 valence electrons. The minimum Gasteiger partial charge on any atom is -0.381 e. The highest BCUT2D eigenvalue weighted by Crippen LogP contribution is 2.30. The van der Waals surface area contributed by atoms with Gasteiger partial charge in [-0.15, -0.1) is 0 Å². The Balaban J connectivity index is 2.20. The number of ether oxygens (including phenoxy) is 1. The van der Waals surface area contributed by atoms with Crippen LogP contribution in [0.4, 0.5) is 0 Å². The molecule has 0 bridgehead atoms. The molecule has 5 heteroatoms. The van der Waals surface area contributed by atoms with Gasteiger partial charge in [-0.3, -0.25) is 9.59 Å². The van der Waals surface area contributed by atoms with Crippen LogP contribution in [0.5, 0.6) is 0 Å². The van der Waals surface area contributed by atoms with Crippen LogP contribution in [0.2, 0.25) is 0 Å². The number of nitrogens with zero attached hydrogens (tertiary/aromatic N) is 1. The third-order valence-corrected chi connectivity index (χ3v) is 4.48. The molecule has 2 fully saturated rings. The van der Waals surface area contributed by atoms with Crippen LogP contribution in [0.1, 0.15) is 47.0 Å². The molecule has 2 heterocycles. The minimum atomic E-state index is -0.379. The predicted octanol–water partition coefficient (Wildman–Crippen LogP) is 1.56. The second-order valence-corrected chi connectivity index (χ2v) is 7.28. The van der Waals surface area contributed by atoms with Crippen LogP contribution in [0.3, 0.4) is 0 Å². The van der Waals surface area contributed by atoms with Crippen LogP contribution >= 0.6 is 0 Å².